The highest BCUT2D eigenvalue weighted by atomic mass is 35.5. The van der Waals surface area contributed by atoms with Crippen LogP contribution >= 0.6 is 36.4 Å². The van der Waals surface area contributed by atoms with E-state index >= 15 is 0 Å². The third kappa shape index (κ3) is 6.01. The first-order chi connectivity index (χ1) is 12.0. The Morgan fingerprint density at radius 1 is 1.04 bits per heavy atom. The number of hydrogen-bond acceptors (Lipinski definition) is 3. The predicted molar refractivity (Wildman–Crippen MR) is 117 cm³/mol. The van der Waals surface area contributed by atoms with Gasteiger partial charge in [0.15, 0.2) is 0 Å². The summed E-state index contributed by atoms with van der Waals surface area (Å²) in [6, 6.07) is 15.7. The van der Waals surface area contributed by atoms with E-state index in [0.717, 1.165) is 48.0 Å². The number of amides is 1. The maximum Gasteiger partial charge on any atom is 0.227 e. The Morgan fingerprint density at radius 3 is 2.22 bits per heavy atom. The van der Waals surface area contributed by atoms with Gasteiger partial charge in [-0.2, -0.15) is 0 Å². The van der Waals surface area contributed by atoms with Crippen LogP contribution in [-0.2, 0) is 11.2 Å². The summed E-state index contributed by atoms with van der Waals surface area (Å²) in [5, 5.41) is 0.803. The highest BCUT2D eigenvalue weighted by Crippen LogP contribution is 2.27. The van der Waals surface area contributed by atoms with Gasteiger partial charge in [-0.05, 0) is 36.2 Å². The first-order valence-corrected chi connectivity index (χ1v) is 9.03. The normalized spacial score (nSPS) is 15.4. The van der Waals surface area contributed by atoms with Crippen molar-refractivity contribution in [3.05, 3.63) is 64.7 Å². The van der Waals surface area contributed by atoms with E-state index in [1.165, 1.54) is 0 Å². The second-order valence-corrected chi connectivity index (χ2v) is 6.94. The van der Waals surface area contributed by atoms with Crippen LogP contribution in [0.4, 0.5) is 5.69 Å². The number of rotatable bonds is 4. The molecule has 0 radical (unpaired) electrons. The fourth-order valence-electron chi connectivity index (χ4n) is 3.29. The molecule has 1 atom stereocenters. The first-order valence-electron chi connectivity index (χ1n) is 8.65. The molecule has 1 fully saturated rings. The molecular weight excluding hydrogens is 405 g/mol. The lowest BCUT2D eigenvalue weighted by molar-refractivity contribution is -0.132. The maximum absolute atomic E-state index is 12.5. The molecule has 2 aromatic rings. The number of nitrogen functional groups attached to an aromatic ring is 1. The van der Waals surface area contributed by atoms with Crippen LogP contribution < -0.4 is 5.73 Å². The monoisotopic (exact) mass is 429 g/mol. The van der Waals surface area contributed by atoms with E-state index in [1.54, 1.807) is 0 Å². The van der Waals surface area contributed by atoms with Crippen LogP contribution in [0, 0.1) is 0 Å². The van der Waals surface area contributed by atoms with Crippen molar-refractivity contribution in [2.75, 3.05) is 31.9 Å². The van der Waals surface area contributed by atoms with Gasteiger partial charge < -0.3 is 10.6 Å². The number of nitrogens with zero attached hydrogens (tertiary/aromatic N) is 2. The third-order valence-corrected chi connectivity index (χ3v) is 5.25. The number of nitrogens with two attached hydrogens (primary N) is 1. The van der Waals surface area contributed by atoms with Gasteiger partial charge in [0.25, 0.3) is 0 Å². The summed E-state index contributed by atoms with van der Waals surface area (Å²) in [6.45, 7) is 5.40. The molecule has 148 valence electrons. The van der Waals surface area contributed by atoms with Crippen molar-refractivity contribution >= 4 is 48.0 Å². The summed E-state index contributed by atoms with van der Waals surface area (Å²) in [5.74, 6) is 0.176. The topological polar surface area (TPSA) is 49.6 Å². The number of hydrogen-bond donors (Lipinski definition) is 1. The third-order valence-electron chi connectivity index (χ3n) is 4.91. The largest absolute Gasteiger partial charge is 0.399 e. The van der Waals surface area contributed by atoms with Gasteiger partial charge in [0.05, 0.1) is 6.42 Å². The molecule has 0 bridgehead atoms. The van der Waals surface area contributed by atoms with Crippen LogP contribution in [0.1, 0.15) is 24.1 Å². The number of benzene rings is 2. The van der Waals surface area contributed by atoms with Gasteiger partial charge in [0, 0.05) is 42.9 Å². The minimum absolute atomic E-state index is 0. The average molecular weight is 431 g/mol. The van der Waals surface area contributed by atoms with Crippen molar-refractivity contribution in [1.82, 2.24) is 9.80 Å². The molecule has 1 aliphatic heterocycles. The van der Waals surface area contributed by atoms with Crippen LogP contribution in [0.15, 0.2) is 48.5 Å². The van der Waals surface area contributed by atoms with Crippen LogP contribution in [0.5, 0.6) is 0 Å². The number of carbonyl (C=O) groups excluding carboxylic acids is 1. The molecule has 1 saturated heterocycles. The lowest BCUT2D eigenvalue weighted by atomic mass is 10.1. The molecule has 0 saturated carbocycles. The van der Waals surface area contributed by atoms with Crippen molar-refractivity contribution in [2.24, 2.45) is 0 Å². The van der Waals surface area contributed by atoms with Gasteiger partial charge in [0.2, 0.25) is 5.91 Å². The molecular formula is C20H26Cl3N3O. The Morgan fingerprint density at radius 2 is 1.63 bits per heavy atom. The number of anilines is 1. The van der Waals surface area contributed by atoms with E-state index in [1.807, 2.05) is 47.4 Å². The van der Waals surface area contributed by atoms with E-state index in [9.17, 15) is 4.79 Å². The Labute approximate surface area is 178 Å². The predicted octanol–water partition coefficient (Wildman–Crippen LogP) is 4.21. The SMILES string of the molecule is CC(c1ccccc1Cl)N1CCN(C(=O)Cc2ccc(N)cc2)CC1.Cl.Cl. The minimum atomic E-state index is 0. The van der Waals surface area contributed by atoms with E-state index in [-0.39, 0.29) is 36.8 Å². The smallest absolute Gasteiger partial charge is 0.227 e. The highest BCUT2D eigenvalue weighted by molar-refractivity contribution is 6.31. The van der Waals surface area contributed by atoms with Gasteiger partial charge in [0.1, 0.15) is 0 Å². The molecule has 1 amide bonds. The second-order valence-electron chi connectivity index (χ2n) is 6.53. The molecule has 0 aromatic heterocycles. The molecule has 2 N–H and O–H groups in total. The minimum Gasteiger partial charge on any atom is -0.399 e. The van der Waals surface area contributed by atoms with Crippen LogP contribution in [0.3, 0.4) is 0 Å². The quantitative estimate of drug-likeness (QED) is 0.739. The average Bonchev–Trinajstić information content (AvgIpc) is 2.63. The van der Waals surface area contributed by atoms with Crippen molar-refractivity contribution < 1.29 is 4.79 Å². The summed E-state index contributed by atoms with van der Waals surface area (Å²) in [7, 11) is 0. The van der Waals surface area contributed by atoms with E-state index in [2.05, 4.69) is 17.9 Å². The van der Waals surface area contributed by atoms with Crippen molar-refractivity contribution in [3.8, 4) is 0 Å². The molecule has 1 heterocycles. The lowest BCUT2D eigenvalue weighted by Crippen LogP contribution is -2.49. The fourth-order valence-corrected chi connectivity index (χ4v) is 3.58. The summed E-state index contributed by atoms with van der Waals surface area (Å²) in [4.78, 5) is 16.8. The van der Waals surface area contributed by atoms with Gasteiger partial charge >= 0.3 is 0 Å². The summed E-state index contributed by atoms with van der Waals surface area (Å²) < 4.78 is 0. The van der Waals surface area contributed by atoms with Crippen LogP contribution in [0.2, 0.25) is 5.02 Å². The lowest BCUT2D eigenvalue weighted by Gasteiger charge is -2.38. The van der Waals surface area contributed by atoms with E-state index in [4.69, 9.17) is 17.3 Å². The maximum atomic E-state index is 12.5. The summed E-state index contributed by atoms with van der Waals surface area (Å²) in [5.41, 5.74) is 8.56. The Hall–Kier alpha value is -1.46. The van der Waals surface area contributed by atoms with E-state index in [0.29, 0.717) is 6.42 Å². The molecule has 2 aromatic carbocycles. The standard InChI is InChI=1S/C20H24ClN3O.2ClH/c1-15(18-4-2-3-5-19(18)21)23-10-12-24(13-11-23)20(25)14-16-6-8-17(22)9-7-16;;/h2-9,15H,10-14,22H2,1H3;2*1H. The van der Waals surface area contributed by atoms with Gasteiger partial charge in [-0.25, -0.2) is 0 Å². The first kappa shape index (κ1) is 23.6. The molecule has 27 heavy (non-hydrogen) atoms. The van der Waals surface area contributed by atoms with Crippen molar-refractivity contribution in [1.29, 1.82) is 0 Å². The second kappa shape index (κ2) is 10.8. The molecule has 1 aliphatic rings. The number of halogens is 3. The zero-order valence-corrected chi connectivity index (χ0v) is 17.7. The van der Waals surface area contributed by atoms with Crippen LogP contribution in [0.25, 0.3) is 0 Å². The number of carbonyl (C=O) groups is 1. The zero-order chi connectivity index (χ0) is 17.8. The molecule has 1 unspecified atom stereocenters. The van der Waals surface area contributed by atoms with Gasteiger partial charge in [-0.15, -0.1) is 24.8 Å². The number of piperazine rings is 1. The van der Waals surface area contributed by atoms with Crippen molar-refractivity contribution in [2.45, 2.75) is 19.4 Å². The highest BCUT2D eigenvalue weighted by Gasteiger charge is 2.25. The van der Waals surface area contributed by atoms with Gasteiger partial charge in [-0.1, -0.05) is 41.9 Å². The van der Waals surface area contributed by atoms with E-state index < -0.39 is 0 Å². The summed E-state index contributed by atoms with van der Waals surface area (Å²) in [6.07, 6.45) is 0.431. The van der Waals surface area contributed by atoms with Crippen LogP contribution in [-0.4, -0.2) is 41.9 Å². The van der Waals surface area contributed by atoms with Gasteiger partial charge in [-0.3, -0.25) is 9.69 Å². The molecule has 3 rings (SSSR count). The Kier molecular flexibility index (Phi) is 9.40. The van der Waals surface area contributed by atoms with Crippen molar-refractivity contribution in [3.63, 3.8) is 0 Å². The Balaban J connectivity index is 0.00000182. The molecule has 7 heteroatoms. The zero-order valence-electron chi connectivity index (χ0n) is 15.3. The summed E-state index contributed by atoms with van der Waals surface area (Å²) >= 11 is 6.32. The molecule has 0 spiro atoms. The molecule has 0 aliphatic carbocycles. The molecule has 4 nitrogen and oxygen atoms in total. The fraction of sp³-hybridized carbons (Fsp3) is 0.350. The Bertz CT molecular complexity index is 732.